The third kappa shape index (κ3) is 3.87. The van der Waals surface area contributed by atoms with Gasteiger partial charge in [0.2, 0.25) is 0 Å². The van der Waals surface area contributed by atoms with E-state index in [0.29, 0.717) is 30.1 Å². The van der Waals surface area contributed by atoms with Crippen molar-refractivity contribution in [3.63, 3.8) is 0 Å². The molecule has 0 atom stereocenters. The number of carbonyl (C=O) groups excluding carboxylic acids is 2. The molecular formula is C14H16ClNO4. The largest absolute Gasteiger partial charge is 0.493 e. The van der Waals surface area contributed by atoms with Gasteiger partial charge < -0.3 is 14.8 Å². The van der Waals surface area contributed by atoms with Crippen LogP contribution < -0.4 is 14.8 Å². The summed E-state index contributed by atoms with van der Waals surface area (Å²) in [6.07, 6.45) is 3.02. The summed E-state index contributed by atoms with van der Waals surface area (Å²) in [6, 6.07) is 2.98. The summed E-state index contributed by atoms with van der Waals surface area (Å²) in [5, 5.41) is 3.03. The SMILES string of the molecule is COc1cc(C=O)cc(Cl)c1OCC(=O)NCC1CC1. The van der Waals surface area contributed by atoms with Crippen molar-refractivity contribution in [1.82, 2.24) is 5.32 Å². The number of benzene rings is 1. The molecule has 0 spiro atoms. The summed E-state index contributed by atoms with van der Waals surface area (Å²) >= 11 is 6.02. The van der Waals surface area contributed by atoms with Gasteiger partial charge in [0.15, 0.2) is 18.1 Å². The Hall–Kier alpha value is -1.75. The second-order valence-electron chi connectivity index (χ2n) is 4.69. The summed E-state index contributed by atoms with van der Waals surface area (Å²) in [7, 11) is 1.44. The van der Waals surface area contributed by atoms with E-state index < -0.39 is 0 Å². The zero-order chi connectivity index (χ0) is 14.5. The number of amides is 1. The summed E-state index contributed by atoms with van der Waals surface area (Å²) in [5.41, 5.74) is 0.386. The van der Waals surface area contributed by atoms with E-state index in [-0.39, 0.29) is 23.3 Å². The lowest BCUT2D eigenvalue weighted by atomic mass is 10.2. The van der Waals surface area contributed by atoms with Crippen LogP contribution in [-0.2, 0) is 4.79 Å². The number of ether oxygens (including phenoxy) is 2. The molecule has 0 bridgehead atoms. The van der Waals surface area contributed by atoms with Crippen LogP contribution in [-0.4, -0.2) is 32.5 Å². The molecule has 1 N–H and O–H groups in total. The molecule has 20 heavy (non-hydrogen) atoms. The van der Waals surface area contributed by atoms with Gasteiger partial charge in [-0.1, -0.05) is 11.6 Å². The number of carbonyl (C=O) groups is 2. The Labute approximate surface area is 122 Å². The number of halogens is 1. The third-order valence-electron chi connectivity index (χ3n) is 3.02. The van der Waals surface area contributed by atoms with Crippen LogP contribution in [0.15, 0.2) is 12.1 Å². The third-order valence-corrected chi connectivity index (χ3v) is 3.30. The Morgan fingerprint density at radius 1 is 1.50 bits per heavy atom. The zero-order valence-electron chi connectivity index (χ0n) is 11.1. The molecule has 0 saturated heterocycles. The van der Waals surface area contributed by atoms with Crippen LogP contribution in [0.4, 0.5) is 0 Å². The van der Waals surface area contributed by atoms with Crippen LogP contribution in [0.5, 0.6) is 11.5 Å². The first kappa shape index (κ1) is 14.7. The van der Waals surface area contributed by atoms with Crippen LogP contribution in [0.3, 0.4) is 0 Å². The zero-order valence-corrected chi connectivity index (χ0v) is 11.9. The molecule has 1 aromatic rings. The first-order valence-electron chi connectivity index (χ1n) is 6.36. The van der Waals surface area contributed by atoms with Crippen molar-refractivity contribution in [2.75, 3.05) is 20.3 Å². The molecule has 1 aliphatic carbocycles. The number of aldehydes is 1. The van der Waals surface area contributed by atoms with Crippen LogP contribution in [0.2, 0.25) is 5.02 Å². The molecule has 1 aromatic carbocycles. The van der Waals surface area contributed by atoms with Crippen LogP contribution in [0.25, 0.3) is 0 Å². The average Bonchev–Trinajstić information content (AvgIpc) is 3.27. The van der Waals surface area contributed by atoms with Crippen molar-refractivity contribution >= 4 is 23.8 Å². The van der Waals surface area contributed by atoms with E-state index in [4.69, 9.17) is 21.1 Å². The minimum Gasteiger partial charge on any atom is -0.493 e. The molecular weight excluding hydrogens is 282 g/mol. The molecule has 1 aliphatic rings. The fourth-order valence-corrected chi connectivity index (χ4v) is 1.99. The van der Waals surface area contributed by atoms with Gasteiger partial charge in [-0.15, -0.1) is 0 Å². The highest BCUT2D eigenvalue weighted by Gasteiger charge is 2.22. The van der Waals surface area contributed by atoms with Gasteiger partial charge in [-0.2, -0.15) is 0 Å². The first-order valence-corrected chi connectivity index (χ1v) is 6.74. The van der Waals surface area contributed by atoms with Crippen molar-refractivity contribution in [2.24, 2.45) is 5.92 Å². The predicted octanol–water partition coefficient (Wildman–Crippen LogP) is 2.07. The molecule has 1 amide bonds. The maximum absolute atomic E-state index is 11.6. The van der Waals surface area contributed by atoms with Gasteiger partial charge in [0.05, 0.1) is 12.1 Å². The summed E-state index contributed by atoms with van der Waals surface area (Å²) in [6.45, 7) is 0.556. The lowest BCUT2D eigenvalue weighted by Crippen LogP contribution is -2.30. The number of methoxy groups -OCH3 is 1. The van der Waals surface area contributed by atoms with Crippen molar-refractivity contribution < 1.29 is 19.1 Å². The number of hydrogen-bond donors (Lipinski definition) is 1. The lowest BCUT2D eigenvalue weighted by Gasteiger charge is -2.12. The minimum absolute atomic E-state index is 0.136. The molecule has 1 fully saturated rings. The average molecular weight is 298 g/mol. The summed E-state index contributed by atoms with van der Waals surface area (Å²) < 4.78 is 10.5. The molecule has 6 heteroatoms. The van der Waals surface area contributed by atoms with E-state index in [1.807, 2.05) is 0 Å². The molecule has 5 nitrogen and oxygen atoms in total. The molecule has 0 aliphatic heterocycles. The van der Waals surface area contributed by atoms with E-state index in [1.165, 1.54) is 32.1 Å². The van der Waals surface area contributed by atoms with Gasteiger partial charge in [-0.05, 0) is 30.9 Å². The van der Waals surface area contributed by atoms with E-state index in [0.717, 1.165) is 0 Å². The van der Waals surface area contributed by atoms with Crippen molar-refractivity contribution in [1.29, 1.82) is 0 Å². The number of rotatable bonds is 7. The molecule has 108 valence electrons. The number of hydrogen-bond acceptors (Lipinski definition) is 4. The molecule has 0 heterocycles. The van der Waals surface area contributed by atoms with E-state index >= 15 is 0 Å². The predicted molar refractivity (Wildman–Crippen MR) is 74.6 cm³/mol. The molecule has 1 saturated carbocycles. The van der Waals surface area contributed by atoms with E-state index in [1.54, 1.807) is 0 Å². The Morgan fingerprint density at radius 3 is 2.85 bits per heavy atom. The maximum atomic E-state index is 11.6. The second-order valence-corrected chi connectivity index (χ2v) is 5.10. The van der Waals surface area contributed by atoms with Gasteiger partial charge in [0, 0.05) is 12.1 Å². The van der Waals surface area contributed by atoms with Crippen molar-refractivity contribution in [3.05, 3.63) is 22.7 Å². The molecule has 2 rings (SSSR count). The summed E-state index contributed by atoms with van der Waals surface area (Å²) in [5.74, 6) is 1.01. The second kappa shape index (κ2) is 6.61. The van der Waals surface area contributed by atoms with Crippen molar-refractivity contribution in [2.45, 2.75) is 12.8 Å². The minimum atomic E-state index is -0.200. The van der Waals surface area contributed by atoms with Crippen LogP contribution in [0, 0.1) is 5.92 Å². The maximum Gasteiger partial charge on any atom is 0.257 e. The van der Waals surface area contributed by atoms with Gasteiger partial charge >= 0.3 is 0 Å². The number of nitrogens with one attached hydrogen (secondary N) is 1. The molecule has 0 aromatic heterocycles. The Balaban J connectivity index is 1.96. The van der Waals surface area contributed by atoms with Crippen LogP contribution >= 0.6 is 11.6 Å². The standard InChI is InChI=1S/C14H16ClNO4/c1-19-12-5-10(7-17)4-11(15)14(12)20-8-13(18)16-6-9-2-3-9/h4-5,7,9H,2-3,6,8H2,1H3,(H,16,18). The van der Waals surface area contributed by atoms with Gasteiger partial charge in [0.25, 0.3) is 5.91 Å². The topological polar surface area (TPSA) is 64.6 Å². The van der Waals surface area contributed by atoms with Gasteiger partial charge in [0.1, 0.15) is 6.29 Å². The van der Waals surface area contributed by atoms with E-state index in [2.05, 4.69) is 5.32 Å². The highest BCUT2D eigenvalue weighted by Crippen LogP contribution is 2.36. The summed E-state index contributed by atoms with van der Waals surface area (Å²) in [4.78, 5) is 22.3. The fourth-order valence-electron chi connectivity index (χ4n) is 1.72. The molecule has 0 unspecified atom stereocenters. The Kier molecular flexibility index (Phi) is 4.84. The monoisotopic (exact) mass is 297 g/mol. The quantitative estimate of drug-likeness (QED) is 0.783. The normalized spacial score (nSPS) is 13.7. The van der Waals surface area contributed by atoms with E-state index in [9.17, 15) is 9.59 Å². The first-order chi connectivity index (χ1) is 9.63. The Morgan fingerprint density at radius 2 is 2.25 bits per heavy atom. The van der Waals surface area contributed by atoms with Gasteiger partial charge in [-0.3, -0.25) is 9.59 Å². The van der Waals surface area contributed by atoms with Crippen LogP contribution in [0.1, 0.15) is 23.2 Å². The van der Waals surface area contributed by atoms with Crippen molar-refractivity contribution in [3.8, 4) is 11.5 Å². The highest BCUT2D eigenvalue weighted by molar-refractivity contribution is 6.32. The smallest absolute Gasteiger partial charge is 0.257 e. The van der Waals surface area contributed by atoms with Gasteiger partial charge in [-0.25, -0.2) is 0 Å². The molecule has 0 radical (unpaired) electrons. The Bertz CT molecular complexity index is 514. The fraction of sp³-hybridized carbons (Fsp3) is 0.429. The highest BCUT2D eigenvalue weighted by atomic mass is 35.5. The lowest BCUT2D eigenvalue weighted by molar-refractivity contribution is -0.123.